The second kappa shape index (κ2) is 7.90. The highest BCUT2D eigenvalue weighted by atomic mass is 35.5. The zero-order chi connectivity index (χ0) is 21.8. The van der Waals surface area contributed by atoms with Crippen molar-refractivity contribution in [2.24, 2.45) is 11.8 Å². The van der Waals surface area contributed by atoms with Gasteiger partial charge in [0.15, 0.2) is 5.15 Å². The Morgan fingerprint density at radius 3 is 2.87 bits per heavy atom. The Bertz CT molecular complexity index is 992. The summed E-state index contributed by atoms with van der Waals surface area (Å²) < 4.78 is 51.2. The maximum Gasteiger partial charge on any atom is 0.421 e. The number of carbonyl (C=O) groups is 1. The normalized spacial score (nSPS) is 25.4. The fourth-order valence-electron chi connectivity index (χ4n) is 4.73. The van der Waals surface area contributed by atoms with Gasteiger partial charge in [-0.2, -0.15) is 13.2 Å². The molecule has 0 spiro atoms. The van der Waals surface area contributed by atoms with Crippen LogP contribution in [-0.4, -0.2) is 46.8 Å². The first-order chi connectivity index (χ1) is 14.8. The lowest BCUT2D eigenvalue weighted by Gasteiger charge is -2.22. The van der Waals surface area contributed by atoms with Gasteiger partial charge in [-0.15, -0.1) is 21.5 Å². The van der Waals surface area contributed by atoms with E-state index in [1.54, 1.807) is 4.90 Å². The number of fused-ring (bicyclic) bond motifs is 2. The van der Waals surface area contributed by atoms with Gasteiger partial charge in [0.1, 0.15) is 11.7 Å². The molecule has 31 heavy (non-hydrogen) atoms. The average Bonchev–Trinajstić information content (AvgIpc) is 3.43. The first kappa shape index (κ1) is 21.0. The molecule has 0 aromatic carbocycles. The van der Waals surface area contributed by atoms with Crippen molar-refractivity contribution in [1.82, 2.24) is 15.1 Å². The lowest BCUT2D eigenvalue weighted by atomic mass is 9.99. The number of hydrogen-bond acceptors (Lipinski definition) is 6. The molecule has 1 saturated carbocycles. The van der Waals surface area contributed by atoms with Crippen molar-refractivity contribution in [2.45, 2.75) is 38.1 Å². The van der Waals surface area contributed by atoms with Crippen LogP contribution in [0.1, 0.15) is 38.5 Å². The molecule has 3 aliphatic rings. The van der Waals surface area contributed by atoms with Gasteiger partial charge in [-0.1, -0.05) is 11.6 Å². The summed E-state index contributed by atoms with van der Waals surface area (Å²) in [5.41, 5.74) is 0.0365. The second-order valence-electron chi connectivity index (χ2n) is 8.11. The maximum atomic E-state index is 13.4. The summed E-state index contributed by atoms with van der Waals surface area (Å²) in [6.45, 7) is 2.24. The Morgan fingerprint density at radius 2 is 2.10 bits per heavy atom. The first-order valence-electron chi connectivity index (χ1n) is 10.1. The van der Waals surface area contributed by atoms with Gasteiger partial charge in [0.2, 0.25) is 5.88 Å². The molecule has 1 aliphatic carbocycles. The second-order valence-corrected chi connectivity index (χ2v) is 9.64. The summed E-state index contributed by atoms with van der Waals surface area (Å²) >= 11 is 7.11. The number of aromatic nitrogens is 2. The molecule has 0 bridgehead atoms. The summed E-state index contributed by atoms with van der Waals surface area (Å²) in [5.74, 6) is -0.435. The predicted molar refractivity (Wildman–Crippen MR) is 106 cm³/mol. The third-order valence-corrected chi connectivity index (χ3v) is 7.63. The molecule has 3 atom stereocenters. The van der Waals surface area contributed by atoms with Crippen molar-refractivity contribution in [2.75, 3.05) is 19.7 Å². The highest BCUT2D eigenvalue weighted by Gasteiger charge is 2.47. The number of amides is 1. The Labute approximate surface area is 185 Å². The molecule has 166 valence electrons. The third kappa shape index (κ3) is 4.01. The van der Waals surface area contributed by atoms with Gasteiger partial charge in [-0.25, -0.2) is 0 Å². The maximum absolute atomic E-state index is 13.4. The van der Waals surface area contributed by atoms with Gasteiger partial charge in [-0.3, -0.25) is 4.79 Å². The number of hydrogen-bond donors (Lipinski definition) is 0. The van der Waals surface area contributed by atoms with E-state index in [-0.39, 0.29) is 22.9 Å². The van der Waals surface area contributed by atoms with Crippen molar-refractivity contribution >= 4 is 28.8 Å². The number of ether oxygens (including phenoxy) is 2. The van der Waals surface area contributed by atoms with Gasteiger partial charge in [-0.05, 0) is 36.5 Å². The minimum Gasteiger partial charge on any atom is -0.472 e. The van der Waals surface area contributed by atoms with Crippen LogP contribution < -0.4 is 4.74 Å². The molecule has 2 aromatic rings. The van der Waals surface area contributed by atoms with Crippen LogP contribution in [-0.2, 0) is 23.9 Å². The fraction of sp³-hybridized carbons (Fsp3) is 0.550. The standard InChI is InChI=1S/C20H19ClF3N3O3S/c21-17-6-13(20(22,23)24)18(26-25-17)30-14-2-1-10-7-27(8-12(10)14)19(28)16-5-11-9-29-4-3-15(11)31-16/h5-6,10,12,14H,1-4,7-9H2/t10-,12+,14+/m0/s1. The molecule has 4 heterocycles. The van der Waals surface area contributed by atoms with E-state index >= 15 is 0 Å². The van der Waals surface area contributed by atoms with Gasteiger partial charge in [0.05, 0.1) is 18.1 Å². The molecule has 2 aromatic heterocycles. The Morgan fingerprint density at radius 1 is 1.26 bits per heavy atom. The molecule has 1 amide bonds. The number of likely N-dealkylation sites (tertiary alicyclic amines) is 1. The number of rotatable bonds is 3. The molecule has 0 radical (unpaired) electrons. The van der Waals surface area contributed by atoms with Crippen LogP contribution in [0.15, 0.2) is 12.1 Å². The largest absolute Gasteiger partial charge is 0.472 e. The van der Waals surface area contributed by atoms with E-state index in [1.165, 1.54) is 16.2 Å². The van der Waals surface area contributed by atoms with E-state index < -0.39 is 23.7 Å². The zero-order valence-corrected chi connectivity index (χ0v) is 17.9. The summed E-state index contributed by atoms with van der Waals surface area (Å²) in [5, 5.41) is 6.72. The smallest absolute Gasteiger partial charge is 0.421 e. The van der Waals surface area contributed by atoms with Crippen LogP contribution in [0.2, 0.25) is 5.15 Å². The quantitative estimate of drug-likeness (QED) is 0.668. The van der Waals surface area contributed by atoms with Crippen LogP contribution in [0.25, 0.3) is 0 Å². The number of nitrogens with zero attached hydrogens (tertiary/aromatic N) is 3. The van der Waals surface area contributed by atoms with Crippen LogP contribution in [0.4, 0.5) is 13.2 Å². The highest BCUT2D eigenvalue weighted by molar-refractivity contribution is 7.14. The van der Waals surface area contributed by atoms with Crippen LogP contribution in [0.3, 0.4) is 0 Å². The Balaban J connectivity index is 1.30. The zero-order valence-electron chi connectivity index (χ0n) is 16.3. The molecule has 5 rings (SSSR count). The summed E-state index contributed by atoms with van der Waals surface area (Å²) in [4.78, 5) is 16.7. The van der Waals surface area contributed by atoms with Gasteiger partial charge >= 0.3 is 6.18 Å². The summed E-state index contributed by atoms with van der Waals surface area (Å²) in [6, 6.07) is 2.63. The number of carbonyl (C=O) groups excluding carboxylic acids is 1. The van der Waals surface area contributed by atoms with Crippen LogP contribution >= 0.6 is 22.9 Å². The minimum atomic E-state index is -4.65. The van der Waals surface area contributed by atoms with Gasteiger partial charge in [0, 0.05) is 30.3 Å². The van der Waals surface area contributed by atoms with Crippen molar-refractivity contribution in [3.8, 4) is 5.88 Å². The monoisotopic (exact) mass is 473 g/mol. The molecule has 1 saturated heterocycles. The average molecular weight is 474 g/mol. The lowest BCUT2D eigenvalue weighted by molar-refractivity contribution is -0.140. The first-order valence-corrected chi connectivity index (χ1v) is 11.2. The SMILES string of the molecule is O=C(c1cc2c(s1)CCOC2)N1C[C@@H]2CC[C@@H](Oc3nnc(Cl)cc3C(F)(F)F)[C@@H]2C1. The molecule has 0 unspecified atom stereocenters. The Kier molecular flexibility index (Phi) is 5.34. The van der Waals surface area contributed by atoms with Crippen molar-refractivity contribution in [1.29, 1.82) is 0 Å². The van der Waals surface area contributed by atoms with E-state index in [9.17, 15) is 18.0 Å². The molecular weight excluding hydrogens is 455 g/mol. The number of alkyl halides is 3. The highest BCUT2D eigenvalue weighted by Crippen LogP contribution is 2.43. The fourth-order valence-corrected chi connectivity index (χ4v) is 5.99. The predicted octanol–water partition coefficient (Wildman–Crippen LogP) is 4.21. The van der Waals surface area contributed by atoms with E-state index in [1.807, 2.05) is 6.07 Å². The van der Waals surface area contributed by atoms with E-state index in [0.29, 0.717) is 37.6 Å². The van der Waals surface area contributed by atoms with E-state index in [4.69, 9.17) is 21.1 Å². The minimum absolute atomic E-state index is 0.0326. The molecule has 2 aliphatic heterocycles. The molecule has 6 nitrogen and oxygen atoms in total. The van der Waals surface area contributed by atoms with Crippen LogP contribution in [0, 0.1) is 11.8 Å². The third-order valence-electron chi connectivity index (χ3n) is 6.22. The van der Waals surface area contributed by atoms with Crippen molar-refractivity contribution in [3.63, 3.8) is 0 Å². The summed E-state index contributed by atoms with van der Waals surface area (Å²) in [6.07, 6.45) is -2.88. The molecule has 2 fully saturated rings. The van der Waals surface area contributed by atoms with Crippen molar-refractivity contribution in [3.05, 3.63) is 38.2 Å². The lowest BCUT2D eigenvalue weighted by Crippen LogP contribution is -2.32. The molecule has 11 heteroatoms. The van der Waals surface area contributed by atoms with Crippen LogP contribution in [0.5, 0.6) is 5.88 Å². The topological polar surface area (TPSA) is 64.5 Å². The number of thiophene rings is 1. The molecular formula is C20H19ClF3N3O3S. The number of halogens is 4. The van der Waals surface area contributed by atoms with E-state index in [0.717, 1.165) is 24.5 Å². The van der Waals surface area contributed by atoms with Gasteiger partial charge in [0.25, 0.3) is 5.91 Å². The van der Waals surface area contributed by atoms with Crippen molar-refractivity contribution < 1.29 is 27.4 Å². The molecule has 0 N–H and O–H groups in total. The summed E-state index contributed by atoms with van der Waals surface area (Å²) in [7, 11) is 0. The Hall–Kier alpha value is -1.91. The van der Waals surface area contributed by atoms with Gasteiger partial charge < -0.3 is 14.4 Å². The van der Waals surface area contributed by atoms with E-state index in [2.05, 4.69) is 10.2 Å².